The normalized spacial score (nSPS) is 33.0. The SMILES string of the molecule is OC1CN(O)CCN1. The summed E-state index contributed by atoms with van der Waals surface area (Å²) in [6, 6.07) is 0. The van der Waals surface area contributed by atoms with E-state index in [9.17, 15) is 0 Å². The van der Waals surface area contributed by atoms with E-state index in [2.05, 4.69) is 5.32 Å². The molecule has 4 heteroatoms. The maximum atomic E-state index is 8.77. The molecular formula is C4H10N2O2. The largest absolute Gasteiger partial charge is 0.377 e. The first-order valence-electron chi connectivity index (χ1n) is 2.64. The Morgan fingerprint density at radius 1 is 1.62 bits per heavy atom. The average molecular weight is 118 g/mol. The minimum Gasteiger partial charge on any atom is -0.377 e. The third-order valence-electron chi connectivity index (χ3n) is 1.13. The predicted molar refractivity (Wildman–Crippen MR) is 27.4 cm³/mol. The number of nitrogens with one attached hydrogen (secondary N) is 1. The van der Waals surface area contributed by atoms with Gasteiger partial charge in [0.05, 0.1) is 6.54 Å². The van der Waals surface area contributed by atoms with Crippen LogP contribution in [0.15, 0.2) is 0 Å². The zero-order valence-corrected chi connectivity index (χ0v) is 4.54. The highest BCUT2D eigenvalue weighted by Gasteiger charge is 2.13. The van der Waals surface area contributed by atoms with E-state index in [0.29, 0.717) is 19.6 Å². The summed E-state index contributed by atoms with van der Waals surface area (Å²) < 4.78 is 0. The maximum absolute atomic E-state index is 8.77. The molecule has 1 fully saturated rings. The van der Waals surface area contributed by atoms with Crippen molar-refractivity contribution in [2.75, 3.05) is 19.6 Å². The molecule has 0 bridgehead atoms. The molecule has 0 spiro atoms. The fourth-order valence-electron chi connectivity index (χ4n) is 0.716. The monoisotopic (exact) mass is 118 g/mol. The van der Waals surface area contributed by atoms with Crippen molar-refractivity contribution in [2.24, 2.45) is 0 Å². The van der Waals surface area contributed by atoms with Crippen LogP contribution in [0.2, 0.25) is 0 Å². The third-order valence-corrected chi connectivity index (χ3v) is 1.13. The summed E-state index contributed by atoms with van der Waals surface area (Å²) >= 11 is 0. The average Bonchev–Trinajstić information content (AvgIpc) is 1.64. The first kappa shape index (κ1) is 5.97. The van der Waals surface area contributed by atoms with Crippen molar-refractivity contribution in [3.8, 4) is 0 Å². The molecule has 0 amide bonds. The quantitative estimate of drug-likeness (QED) is 0.366. The van der Waals surface area contributed by atoms with Gasteiger partial charge in [-0.2, -0.15) is 5.06 Å². The van der Waals surface area contributed by atoms with E-state index >= 15 is 0 Å². The van der Waals surface area contributed by atoms with Crippen molar-refractivity contribution in [1.29, 1.82) is 0 Å². The van der Waals surface area contributed by atoms with Gasteiger partial charge in [0.1, 0.15) is 6.23 Å². The lowest BCUT2D eigenvalue weighted by atomic mass is 10.4. The van der Waals surface area contributed by atoms with Gasteiger partial charge in [0, 0.05) is 13.1 Å². The highest BCUT2D eigenvalue weighted by atomic mass is 16.5. The lowest BCUT2D eigenvalue weighted by Gasteiger charge is -2.25. The summed E-state index contributed by atoms with van der Waals surface area (Å²) in [5.41, 5.74) is 0. The highest BCUT2D eigenvalue weighted by molar-refractivity contribution is 4.63. The molecule has 1 aliphatic heterocycles. The second-order valence-electron chi connectivity index (χ2n) is 1.88. The van der Waals surface area contributed by atoms with Gasteiger partial charge in [-0.3, -0.25) is 5.32 Å². The van der Waals surface area contributed by atoms with E-state index in [4.69, 9.17) is 10.3 Å². The van der Waals surface area contributed by atoms with Crippen LogP contribution in [0.4, 0.5) is 0 Å². The van der Waals surface area contributed by atoms with Crippen molar-refractivity contribution < 1.29 is 10.3 Å². The van der Waals surface area contributed by atoms with Crippen LogP contribution in [0.3, 0.4) is 0 Å². The molecule has 0 saturated carbocycles. The Hall–Kier alpha value is -0.160. The van der Waals surface area contributed by atoms with Gasteiger partial charge in [-0.15, -0.1) is 0 Å². The number of β-amino-alcohol motifs (C(OH)–C–C–N with tert-alkyl or cyclic N) is 1. The van der Waals surface area contributed by atoms with E-state index in [1.54, 1.807) is 0 Å². The van der Waals surface area contributed by atoms with Gasteiger partial charge in [-0.25, -0.2) is 0 Å². The Labute approximate surface area is 47.7 Å². The third kappa shape index (κ3) is 1.41. The number of nitrogens with zero attached hydrogens (tertiary/aromatic N) is 1. The molecule has 1 atom stereocenters. The van der Waals surface area contributed by atoms with Crippen LogP contribution in [0.25, 0.3) is 0 Å². The number of hydroxylamine groups is 2. The molecule has 1 heterocycles. The number of aliphatic hydroxyl groups excluding tert-OH is 1. The lowest BCUT2D eigenvalue weighted by molar-refractivity contribution is -0.134. The number of aliphatic hydroxyl groups is 1. The van der Waals surface area contributed by atoms with Crippen LogP contribution >= 0.6 is 0 Å². The van der Waals surface area contributed by atoms with E-state index in [-0.39, 0.29) is 0 Å². The second-order valence-corrected chi connectivity index (χ2v) is 1.88. The van der Waals surface area contributed by atoms with Crippen molar-refractivity contribution >= 4 is 0 Å². The molecule has 1 aliphatic rings. The summed E-state index contributed by atoms with van der Waals surface area (Å²) in [6.45, 7) is 1.55. The van der Waals surface area contributed by atoms with Gasteiger partial charge in [0.15, 0.2) is 0 Å². The van der Waals surface area contributed by atoms with Crippen LogP contribution in [0, 0.1) is 0 Å². The Balaban J connectivity index is 2.23. The van der Waals surface area contributed by atoms with Gasteiger partial charge >= 0.3 is 0 Å². The first-order chi connectivity index (χ1) is 3.79. The van der Waals surface area contributed by atoms with Crippen molar-refractivity contribution in [3.05, 3.63) is 0 Å². The second kappa shape index (κ2) is 2.41. The Morgan fingerprint density at radius 3 is 2.75 bits per heavy atom. The van der Waals surface area contributed by atoms with Crippen LogP contribution in [0.5, 0.6) is 0 Å². The fraction of sp³-hybridized carbons (Fsp3) is 1.00. The molecule has 3 N–H and O–H groups in total. The zero-order valence-electron chi connectivity index (χ0n) is 4.54. The molecule has 4 nitrogen and oxygen atoms in total. The van der Waals surface area contributed by atoms with Gasteiger partial charge in [-0.1, -0.05) is 0 Å². The van der Waals surface area contributed by atoms with Crippen LogP contribution < -0.4 is 5.32 Å². The van der Waals surface area contributed by atoms with Crippen LogP contribution in [-0.4, -0.2) is 41.2 Å². The summed E-state index contributed by atoms with van der Waals surface area (Å²) in [5, 5.41) is 21.3. The van der Waals surface area contributed by atoms with E-state index in [1.807, 2.05) is 0 Å². The summed E-state index contributed by atoms with van der Waals surface area (Å²) in [6.07, 6.45) is -0.561. The summed E-state index contributed by atoms with van der Waals surface area (Å²) in [5.74, 6) is 0. The molecule has 0 aromatic rings. The molecule has 1 unspecified atom stereocenters. The summed E-state index contributed by atoms with van der Waals surface area (Å²) in [4.78, 5) is 0. The van der Waals surface area contributed by atoms with E-state index in [0.717, 1.165) is 5.06 Å². The molecule has 1 saturated heterocycles. The Morgan fingerprint density at radius 2 is 2.38 bits per heavy atom. The standard InChI is InChI=1S/C4H10N2O2/c7-4-3-6(8)2-1-5-4/h4-5,7-8H,1-3H2. The van der Waals surface area contributed by atoms with Crippen LogP contribution in [-0.2, 0) is 0 Å². The van der Waals surface area contributed by atoms with E-state index in [1.165, 1.54) is 0 Å². The smallest absolute Gasteiger partial charge is 0.120 e. The van der Waals surface area contributed by atoms with Gasteiger partial charge in [-0.05, 0) is 0 Å². The molecule has 0 aliphatic carbocycles. The fourth-order valence-corrected chi connectivity index (χ4v) is 0.716. The van der Waals surface area contributed by atoms with Crippen molar-refractivity contribution in [1.82, 2.24) is 10.4 Å². The van der Waals surface area contributed by atoms with Gasteiger partial charge < -0.3 is 10.3 Å². The molecule has 0 aromatic carbocycles. The minimum atomic E-state index is -0.561. The lowest BCUT2D eigenvalue weighted by Crippen LogP contribution is -2.49. The van der Waals surface area contributed by atoms with Gasteiger partial charge in [0.25, 0.3) is 0 Å². The minimum absolute atomic E-state index is 0.306. The number of hydrogen-bond acceptors (Lipinski definition) is 4. The Kier molecular flexibility index (Phi) is 1.80. The molecule has 0 radical (unpaired) electrons. The predicted octanol–water partition coefficient (Wildman–Crippen LogP) is -1.40. The van der Waals surface area contributed by atoms with Gasteiger partial charge in [0.2, 0.25) is 0 Å². The van der Waals surface area contributed by atoms with Crippen molar-refractivity contribution in [2.45, 2.75) is 6.23 Å². The molecule has 8 heavy (non-hydrogen) atoms. The Bertz CT molecular complexity index is 70.4. The molecular weight excluding hydrogens is 108 g/mol. The highest BCUT2D eigenvalue weighted by Crippen LogP contribution is 1.89. The van der Waals surface area contributed by atoms with Crippen molar-refractivity contribution in [3.63, 3.8) is 0 Å². The molecule has 1 rings (SSSR count). The van der Waals surface area contributed by atoms with Crippen LogP contribution in [0.1, 0.15) is 0 Å². The topological polar surface area (TPSA) is 55.7 Å². The first-order valence-corrected chi connectivity index (χ1v) is 2.64. The zero-order chi connectivity index (χ0) is 5.98. The summed E-state index contributed by atoms with van der Waals surface area (Å²) in [7, 11) is 0. The maximum Gasteiger partial charge on any atom is 0.120 e. The van der Waals surface area contributed by atoms with E-state index < -0.39 is 6.23 Å². The molecule has 48 valence electrons. The number of hydrogen-bond donors (Lipinski definition) is 3. The number of piperazine rings is 1. The number of rotatable bonds is 0. The molecule has 0 aromatic heterocycles.